The highest BCUT2D eigenvalue weighted by Gasteiger charge is 2.18. The van der Waals surface area contributed by atoms with Gasteiger partial charge in [-0.25, -0.2) is 13.6 Å². The van der Waals surface area contributed by atoms with Crippen molar-refractivity contribution in [1.82, 2.24) is 20.6 Å². The van der Waals surface area contributed by atoms with Crippen molar-refractivity contribution in [2.45, 2.75) is 17.9 Å². The Balaban J connectivity index is 2.35. The molecule has 2 aromatic rings. The number of aromatic nitrogens is 4. The SMILES string of the molecule is CC(Nc1ccc(N)cc1S(N)(=O)=O)c1nn[nH]n1. The lowest BCUT2D eigenvalue weighted by molar-refractivity contribution is 0.598. The number of rotatable bonds is 4. The number of tetrazole rings is 1. The molecule has 19 heavy (non-hydrogen) atoms. The van der Waals surface area contributed by atoms with Crippen LogP contribution in [0.3, 0.4) is 0 Å². The van der Waals surface area contributed by atoms with Crippen molar-refractivity contribution in [3.05, 3.63) is 24.0 Å². The van der Waals surface area contributed by atoms with E-state index in [4.69, 9.17) is 10.9 Å². The van der Waals surface area contributed by atoms with Crippen LogP contribution in [0.25, 0.3) is 0 Å². The molecule has 0 bridgehead atoms. The molecule has 0 aliphatic heterocycles. The second-order valence-corrected chi connectivity index (χ2v) is 5.47. The fraction of sp³-hybridized carbons (Fsp3) is 0.222. The molecule has 10 heteroatoms. The van der Waals surface area contributed by atoms with Gasteiger partial charge >= 0.3 is 0 Å². The van der Waals surface area contributed by atoms with Gasteiger partial charge in [0.1, 0.15) is 4.90 Å². The van der Waals surface area contributed by atoms with Gasteiger partial charge in [-0.1, -0.05) is 5.21 Å². The molecule has 0 saturated carbocycles. The molecule has 0 radical (unpaired) electrons. The van der Waals surface area contributed by atoms with E-state index in [1.54, 1.807) is 13.0 Å². The highest BCUT2D eigenvalue weighted by molar-refractivity contribution is 7.89. The maximum Gasteiger partial charge on any atom is 0.240 e. The van der Waals surface area contributed by atoms with Crippen molar-refractivity contribution in [3.8, 4) is 0 Å². The van der Waals surface area contributed by atoms with E-state index in [-0.39, 0.29) is 10.9 Å². The standard InChI is InChI=1S/C9H13N7O2S/c1-5(9-13-15-16-14-9)12-7-3-2-6(10)4-8(7)19(11,17)18/h2-5,12H,10H2,1H3,(H2,11,17,18)(H,13,14,15,16). The molecule has 6 N–H and O–H groups in total. The lowest BCUT2D eigenvalue weighted by atomic mass is 10.2. The van der Waals surface area contributed by atoms with Gasteiger partial charge in [0, 0.05) is 5.69 Å². The van der Waals surface area contributed by atoms with Crippen LogP contribution in [0.4, 0.5) is 11.4 Å². The maximum atomic E-state index is 11.5. The first kappa shape index (κ1) is 13.2. The molecule has 1 unspecified atom stereocenters. The Hall–Kier alpha value is -2.20. The molecular formula is C9H13N7O2S. The van der Waals surface area contributed by atoms with E-state index in [0.29, 0.717) is 17.2 Å². The highest BCUT2D eigenvalue weighted by atomic mass is 32.2. The summed E-state index contributed by atoms with van der Waals surface area (Å²) in [6, 6.07) is 4.05. The molecule has 1 heterocycles. The minimum Gasteiger partial charge on any atom is -0.399 e. The number of nitrogens with zero attached hydrogens (tertiary/aromatic N) is 3. The molecule has 1 atom stereocenters. The second-order valence-electron chi connectivity index (χ2n) is 3.94. The summed E-state index contributed by atoms with van der Waals surface area (Å²) in [7, 11) is -3.88. The van der Waals surface area contributed by atoms with Gasteiger partial charge in [0.15, 0.2) is 5.82 Å². The van der Waals surface area contributed by atoms with Crippen molar-refractivity contribution in [1.29, 1.82) is 0 Å². The first-order valence-electron chi connectivity index (χ1n) is 5.30. The molecule has 0 aliphatic carbocycles. The Morgan fingerprint density at radius 3 is 2.74 bits per heavy atom. The zero-order valence-electron chi connectivity index (χ0n) is 10.0. The summed E-state index contributed by atoms with van der Waals surface area (Å²) >= 11 is 0. The Labute approximate surface area is 109 Å². The number of hydrogen-bond acceptors (Lipinski definition) is 7. The third-order valence-corrected chi connectivity index (χ3v) is 3.38. The zero-order chi connectivity index (χ0) is 14.0. The average Bonchev–Trinajstić information content (AvgIpc) is 2.83. The average molecular weight is 283 g/mol. The number of nitrogens with one attached hydrogen (secondary N) is 2. The molecule has 0 aliphatic rings. The van der Waals surface area contributed by atoms with Gasteiger partial charge in [-0.15, -0.1) is 10.2 Å². The summed E-state index contributed by atoms with van der Waals surface area (Å²) in [6.45, 7) is 1.76. The van der Waals surface area contributed by atoms with Gasteiger partial charge in [-0.2, -0.15) is 5.21 Å². The summed E-state index contributed by atoms with van der Waals surface area (Å²) < 4.78 is 23.0. The molecule has 1 aromatic heterocycles. The molecule has 0 amide bonds. The van der Waals surface area contributed by atoms with Crippen LogP contribution in [-0.4, -0.2) is 29.0 Å². The van der Waals surface area contributed by atoms with E-state index in [1.165, 1.54) is 12.1 Å². The number of primary sulfonamides is 1. The number of nitrogens with two attached hydrogens (primary N) is 2. The smallest absolute Gasteiger partial charge is 0.240 e. The lowest BCUT2D eigenvalue weighted by Gasteiger charge is -2.15. The van der Waals surface area contributed by atoms with Crippen LogP contribution in [0, 0.1) is 0 Å². The van der Waals surface area contributed by atoms with Gasteiger partial charge in [0.05, 0.1) is 11.7 Å². The molecule has 9 nitrogen and oxygen atoms in total. The second kappa shape index (κ2) is 4.82. The Bertz CT molecular complexity index is 668. The monoisotopic (exact) mass is 283 g/mol. The molecule has 102 valence electrons. The van der Waals surface area contributed by atoms with Crippen LogP contribution in [0.1, 0.15) is 18.8 Å². The van der Waals surface area contributed by atoms with Gasteiger partial charge < -0.3 is 11.1 Å². The molecule has 0 saturated heterocycles. The number of nitrogen functional groups attached to an aromatic ring is 1. The summed E-state index contributed by atoms with van der Waals surface area (Å²) in [4.78, 5) is -0.0807. The van der Waals surface area contributed by atoms with Crippen LogP contribution in [-0.2, 0) is 10.0 Å². The van der Waals surface area contributed by atoms with E-state index in [9.17, 15) is 8.42 Å². The fourth-order valence-corrected chi connectivity index (χ4v) is 2.28. The predicted octanol–water partition coefficient (Wildman–Crippen LogP) is -0.398. The van der Waals surface area contributed by atoms with Crippen LogP contribution < -0.4 is 16.2 Å². The highest BCUT2D eigenvalue weighted by Crippen LogP contribution is 2.25. The number of hydrogen-bond donors (Lipinski definition) is 4. The summed E-state index contributed by atoms with van der Waals surface area (Å²) in [5.41, 5.74) is 6.20. The predicted molar refractivity (Wildman–Crippen MR) is 68.4 cm³/mol. The quantitative estimate of drug-likeness (QED) is 0.557. The summed E-state index contributed by atoms with van der Waals surface area (Å²) in [5.74, 6) is 0.400. The Morgan fingerprint density at radius 2 is 2.16 bits per heavy atom. The Morgan fingerprint density at radius 1 is 1.42 bits per heavy atom. The van der Waals surface area contributed by atoms with Gasteiger partial charge in [-0.05, 0) is 25.1 Å². The topological polar surface area (TPSA) is 153 Å². The van der Waals surface area contributed by atoms with Crippen molar-refractivity contribution >= 4 is 21.4 Å². The molecule has 1 aromatic carbocycles. The third-order valence-electron chi connectivity index (χ3n) is 2.43. The van der Waals surface area contributed by atoms with E-state index in [2.05, 4.69) is 25.9 Å². The molecule has 2 rings (SSSR count). The van der Waals surface area contributed by atoms with Gasteiger partial charge in [-0.3, -0.25) is 0 Å². The van der Waals surface area contributed by atoms with E-state index >= 15 is 0 Å². The largest absolute Gasteiger partial charge is 0.399 e. The fourth-order valence-electron chi connectivity index (χ4n) is 1.54. The van der Waals surface area contributed by atoms with Crippen molar-refractivity contribution in [3.63, 3.8) is 0 Å². The number of H-pyrrole nitrogens is 1. The van der Waals surface area contributed by atoms with E-state index in [0.717, 1.165) is 0 Å². The van der Waals surface area contributed by atoms with Crippen LogP contribution >= 0.6 is 0 Å². The third kappa shape index (κ3) is 2.98. The van der Waals surface area contributed by atoms with E-state index in [1.807, 2.05) is 0 Å². The van der Waals surface area contributed by atoms with Crippen molar-refractivity contribution in [2.24, 2.45) is 5.14 Å². The number of aromatic amines is 1. The normalized spacial score (nSPS) is 13.2. The minimum atomic E-state index is -3.88. The number of anilines is 2. The summed E-state index contributed by atoms with van der Waals surface area (Å²) in [5, 5.41) is 21.5. The first-order chi connectivity index (χ1) is 8.88. The molecule has 0 fully saturated rings. The van der Waals surface area contributed by atoms with Crippen LogP contribution in [0.15, 0.2) is 23.1 Å². The van der Waals surface area contributed by atoms with Crippen LogP contribution in [0.2, 0.25) is 0 Å². The van der Waals surface area contributed by atoms with E-state index < -0.39 is 10.0 Å². The van der Waals surface area contributed by atoms with Crippen LogP contribution in [0.5, 0.6) is 0 Å². The lowest BCUT2D eigenvalue weighted by Crippen LogP contribution is -2.17. The maximum absolute atomic E-state index is 11.5. The minimum absolute atomic E-state index is 0.0807. The van der Waals surface area contributed by atoms with Gasteiger partial charge in [0.25, 0.3) is 0 Å². The number of sulfonamides is 1. The summed E-state index contributed by atoms with van der Waals surface area (Å²) in [6.07, 6.45) is 0. The molecular weight excluding hydrogens is 270 g/mol. The zero-order valence-corrected chi connectivity index (χ0v) is 10.8. The van der Waals surface area contributed by atoms with Crippen molar-refractivity contribution in [2.75, 3.05) is 11.1 Å². The van der Waals surface area contributed by atoms with Gasteiger partial charge in [0.2, 0.25) is 10.0 Å². The first-order valence-corrected chi connectivity index (χ1v) is 6.85. The molecule has 0 spiro atoms. The van der Waals surface area contributed by atoms with Crippen molar-refractivity contribution < 1.29 is 8.42 Å². The number of benzene rings is 1. The Kier molecular flexibility index (Phi) is 3.36.